The number of hydrogen-bond acceptors (Lipinski definition) is 8. The van der Waals surface area contributed by atoms with Crippen molar-refractivity contribution in [2.24, 2.45) is 5.10 Å². The lowest BCUT2D eigenvalue weighted by Crippen LogP contribution is -2.22. The van der Waals surface area contributed by atoms with Crippen molar-refractivity contribution >= 4 is 29.6 Å². The van der Waals surface area contributed by atoms with E-state index in [0.717, 1.165) is 0 Å². The van der Waals surface area contributed by atoms with Crippen LogP contribution in [-0.2, 0) is 11.3 Å². The topological polar surface area (TPSA) is 124 Å². The summed E-state index contributed by atoms with van der Waals surface area (Å²) in [6.45, 7) is 2.08. The molecule has 1 aromatic carbocycles. The minimum Gasteiger partial charge on any atom is -0.545 e. The molecule has 3 rings (SSSR count). The number of rotatable bonds is 7. The SMILES string of the molecule is COCc1cc(C)nc(N/N=C/c2ccc(-c3cc(C(=O)[O-])ccc3Cl)o2)c1C#N. The van der Waals surface area contributed by atoms with E-state index in [9.17, 15) is 15.2 Å². The van der Waals surface area contributed by atoms with Gasteiger partial charge in [-0.2, -0.15) is 10.4 Å². The molecule has 3 aromatic rings. The van der Waals surface area contributed by atoms with Crippen molar-refractivity contribution in [3.05, 3.63) is 69.6 Å². The molecule has 2 heterocycles. The number of anilines is 1. The number of nitriles is 1. The largest absolute Gasteiger partial charge is 0.545 e. The van der Waals surface area contributed by atoms with Gasteiger partial charge in [-0.05, 0) is 42.8 Å². The molecule has 0 aliphatic carbocycles. The number of aryl methyl sites for hydroxylation is 1. The number of ether oxygens (including phenoxy) is 1. The van der Waals surface area contributed by atoms with Crippen molar-refractivity contribution in [1.29, 1.82) is 5.26 Å². The zero-order valence-corrected chi connectivity index (χ0v) is 16.9. The monoisotopic (exact) mass is 423 g/mol. The molecule has 0 saturated heterocycles. The third-order valence-electron chi connectivity index (χ3n) is 4.10. The van der Waals surface area contributed by atoms with Gasteiger partial charge < -0.3 is 19.1 Å². The Balaban J connectivity index is 1.82. The Morgan fingerprint density at radius 2 is 2.20 bits per heavy atom. The fourth-order valence-corrected chi connectivity index (χ4v) is 2.99. The molecule has 0 saturated carbocycles. The molecule has 30 heavy (non-hydrogen) atoms. The Hall–Kier alpha value is -3.67. The highest BCUT2D eigenvalue weighted by Gasteiger charge is 2.12. The fourth-order valence-electron chi connectivity index (χ4n) is 2.78. The standard InChI is InChI=1S/C21H17ClN4O4/c1-12-7-14(11-29-2)17(9-23)20(25-12)26-24-10-15-4-6-19(30-15)16-8-13(21(27)28)3-5-18(16)22/h3-8,10H,11H2,1-2H3,(H,25,26)(H,27,28)/p-1/b24-10+. The Labute approximate surface area is 177 Å². The molecular formula is C21H16ClN4O4-. The van der Waals surface area contributed by atoms with Gasteiger partial charge in [0.05, 0.1) is 23.8 Å². The lowest BCUT2D eigenvalue weighted by molar-refractivity contribution is -0.255. The van der Waals surface area contributed by atoms with Gasteiger partial charge in [0.1, 0.15) is 23.2 Å². The summed E-state index contributed by atoms with van der Waals surface area (Å²) in [6, 6.07) is 11.4. The molecule has 152 valence electrons. The number of methoxy groups -OCH3 is 1. The highest BCUT2D eigenvalue weighted by molar-refractivity contribution is 6.33. The molecule has 0 unspecified atom stereocenters. The van der Waals surface area contributed by atoms with Gasteiger partial charge in [-0.3, -0.25) is 5.43 Å². The fraction of sp³-hybridized carbons (Fsp3) is 0.143. The summed E-state index contributed by atoms with van der Waals surface area (Å²) in [4.78, 5) is 15.4. The number of nitrogens with one attached hydrogen (secondary N) is 1. The second-order valence-electron chi connectivity index (χ2n) is 6.25. The second-order valence-corrected chi connectivity index (χ2v) is 6.65. The molecule has 0 radical (unpaired) electrons. The number of hydrazone groups is 1. The predicted molar refractivity (Wildman–Crippen MR) is 109 cm³/mol. The molecule has 0 aliphatic heterocycles. The van der Waals surface area contributed by atoms with Crippen LogP contribution in [0.2, 0.25) is 5.02 Å². The average Bonchev–Trinajstić information content (AvgIpc) is 3.17. The van der Waals surface area contributed by atoms with E-state index in [1.807, 2.05) is 0 Å². The predicted octanol–water partition coefficient (Wildman–Crippen LogP) is 3.13. The maximum atomic E-state index is 11.1. The molecule has 0 aliphatic rings. The van der Waals surface area contributed by atoms with E-state index in [1.54, 1.807) is 32.2 Å². The summed E-state index contributed by atoms with van der Waals surface area (Å²) < 4.78 is 10.8. The Morgan fingerprint density at radius 1 is 1.40 bits per heavy atom. The van der Waals surface area contributed by atoms with Crippen molar-refractivity contribution in [3.8, 4) is 17.4 Å². The molecule has 0 atom stereocenters. The van der Waals surface area contributed by atoms with Crippen LogP contribution in [0, 0.1) is 18.3 Å². The number of furan rings is 1. The van der Waals surface area contributed by atoms with Gasteiger partial charge in [0.25, 0.3) is 0 Å². The molecule has 0 bridgehead atoms. The summed E-state index contributed by atoms with van der Waals surface area (Å²) in [7, 11) is 1.55. The third kappa shape index (κ3) is 4.66. The molecule has 9 heteroatoms. The van der Waals surface area contributed by atoms with Crippen LogP contribution in [-0.4, -0.2) is 24.3 Å². The number of benzene rings is 1. The van der Waals surface area contributed by atoms with Crippen LogP contribution in [0.4, 0.5) is 5.82 Å². The number of carboxylic acid groups (broad SMARTS) is 1. The van der Waals surface area contributed by atoms with E-state index in [0.29, 0.717) is 44.7 Å². The van der Waals surface area contributed by atoms with E-state index < -0.39 is 5.97 Å². The van der Waals surface area contributed by atoms with Crippen LogP contribution in [0.5, 0.6) is 0 Å². The number of carbonyl (C=O) groups excluding carboxylic acids is 1. The van der Waals surface area contributed by atoms with Crippen LogP contribution < -0.4 is 10.5 Å². The van der Waals surface area contributed by atoms with E-state index in [2.05, 4.69) is 21.6 Å². The number of nitrogens with zero attached hydrogens (tertiary/aromatic N) is 3. The van der Waals surface area contributed by atoms with E-state index >= 15 is 0 Å². The highest BCUT2D eigenvalue weighted by atomic mass is 35.5. The number of carboxylic acids is 1. The normalized spacial score (nSPS) is 10.9. The van der Waals surface area contributed by atoms with Gasteiger partial charge in [-0.15, -0.1) is 0 Å². The number of carbonyl (C=O) groups is 1. The molecular weight excluding hydrogens is 408 g/mol. The molecule has 1 N–H and O–H groups in total. The Bertz CT molecular complexity index is 1160. The van der Waals surface area contributed by atoms with E-state index in [-0.39, 0.29) is 12.2 Å². The van der Waals surface area contributed by atoms with Crippen molar-refractivity contribution in [3.63, 3.8) is 0 Å². The summed E-state index contributed by atoms with van der Waals surface area (Å²) in [6.07, 6.45) is 1.40. The van der Waals surface area contributed by atoms with Crippen molar-refractivity contribution in [2.75, 3.05) is 12.5 Å². The zero-order valence-electron chi connectivity index (χ0n) is 16.1. The van der Waals surface area contributed by atoms with Crippen molar-refractivity contribution in [1.82, 2.24) is 4.98 Å². The molecule has 0 fully saturated rings. The zero-order chi connectivity index (χ0) is 21.7. The van der Waals surface area contributed by atoms with Crippen LogP contribution in [0.25, 0.3) is 11.3 Å². The van der Waals surface area contributed by atoms with Crippen molar-refractivity contribution < 1.29 is 19.1 Å². The van der Waals surface area contributed by atoms with E-state index in [4.69, 9.17) is 20.8 Å². The van der Waals surface area contributed by atoms with Gasteiger partial charge in [-0.25, -0.2) is 4.98 Å². The molecule has 0 amide bonds. The number of pyridine rings is 1. The van der Waals surface area contributed by atoms with Crippen LogP contribution in [0.1, 0.15) is 32.9 Å². The average molecular weight is 424 g/mol. The summed E-state index contributed by atoms with van der Waals surface area (Å²) >= 11 is 6.15. The quantitative estimate of drug-likeness (QED) is 0.457. The Kier molecular flexibility index (Phi) is 6.47. The number of aromatic carboxylic acids is 1. The maximum absolute atomic E-state index is 11.1. The van der Waals surface area contributed by atoms with Crippen LogP contribution in [0.3, 0.4) is 0 Å². The van der Waals surface area contributed by atoms with Gasteiger partial charge >= 0.3 is 0 Å². The first-order valence-electron chi connectivity index (χ1n) is 8.72. The van der Waals surface area contributed by atoms with E-state index in [1.165, 1.54) is 24.4 Å². The first-order valence-corrected chi connectivity index (χ1v) is 9.10. The smallest absolute Gasteiger partial charge is 0.164 e. The summed E-state index contributed by atoms with van der Waals surface area (Å²) in [5, 5.41) is 24.9. The maximum Gasteiger partial charge on any atom is 0.164 e. The van der Waals surface area contributed by atoms with Gasteiger partial charge in [0.2, 0.25) is 0 Å². The number of hydrogen-bond donors (Lipinski definition) is 1. The van der Waals surface area contributed by atoms with Gasteiger partial charge in [-0.1, -0.05) is 17.7 Å². The minimum absolute atomic E-state index is 0.0101. The third-order valence-corrected chi connectivity index (χ3v) is 4.43. The van der Waals surface area contributed by atoms with Crippen LogP contribution in [0.15, 0.2) is 45.9 Å². The number of aromatic nitrogens is 1. The van der Waals surface area contributed by atoms with Gasteiger partial charge in [0, 0.05) is 23.9 Å². The lowest BCUT2D eigenvalue weighted by atomic mass is 10.1. The first-order chi connectivity index (χ1) is 14.4. The number of halogens is 1. The van der Waals surface area contributed by atoms with Gasteiger partial charge in [0.15, 0.2) is 5.82 Å². The molecule has 0 spiro atoms. The minimum atomic E-state index is -1.31. The van der Waals surface area contributed by atoms with Crippen molar-refractivity contribution in [2.45, 2.75) is 13.5 Å². The highest BCUT2D eigenvalue weighted by Crippen LogP contribution is 2.30. The summed E-state index contributed by atoms with van der Waals surface area (Å²) in [5.41, 5.74) is 4.90. The Morgan fingerprint density at radius 3 is 2.90 bits per heavy atom. The van der Waals surface area contributed by atoms with Crippen LogP contribution >= 0.6 is 11.6 Å². The summed E-state index contributed by atoms with van der Waals surface area (Å²) in [5.74, 6) is -0.247. The molecule has 8 nitrogen and oxygen atoms in total. The first kappa shape index (κ1) is 21.0. The second kappa shape index (κ2) is 9.22. The molecule has 2 aromatic heterocycles. The lowest BCUT2D eigenvalue weighted by Gasteiger charge is -2.09.